The lowest BCUT2D eigenvalue weighted by atomic mass is 10.0. The van der Waals surface area contributed by atoms with Crippen molar-refractivity contribution in [3.63, 3.8) is 0 Å². The van der Waals surface area contributed by atoms with Gasteiger partial charge in [0.1, 0.15) is 11.6 Å². The van der Waals surface area contributed by atoms with Crippen LogP contribution in [-0.4, -0.2) is 36.8 Å². The fourth-order valence-corrected chi connectivity index (χ4v) is 4.14. The molecule has 2 heterocycles. The molecule has 2 aromatic carbocycles. The molecule has 164 valence electrons. The van der Waals surface area contributed by atoms with E-state index >= 15 is 0 Å². The highest BCUT2D eigenvalue weighted by atomic mass is 32.2. The van der Waals surface area contributed by atoms with Crippen molar-refractivity contribution in [2.45, 2.75) is 30.7 Å². The SMILES string of the molecule is COc1ccc(-c2nnc(SCc3nc(N)nc(N)n3)n2-c2ccccc2C(C)C)cc1. The largest absolute Gasteiger partial charge is 0.497 e. The molecule has 2 aromatic heterocycles. The summed E-state index contributed by atoms with van der Waals surface area (Å²) in [6.45, 7) is 4.33. The number of aromatic nitrogens is 6. The van der Waals surface area contributed by atoms with Gasteiger partial charge < -0.3 is 16.2 Å². The van der Waals surface area contributed by atoms with Crippen LogP contribution in [0.4, 0.5) is 11.9 Å². The molecule has 0 radical (unpaired) electrons. The third kappa shape index (κ3) is 4.50. The van der Waals surface area contributed by atoms with Crippen LogP contribution in [0.5, 0.6) is 5.75 Å². The maximum Gasteiger partial charge on any atom is 0.225 e. The third-order valence-corrected chi connectivity index (χ3v) is 5.75. The molecule has 4 aromatic rings. The first-order valence-corrected chi connectivity index (χ1v) is 11.0. The van der Waals surface area contributed by atoms with E-state index in [1.807, 2.05) is 36.4 Å². The van der Waals surface area contributed by atoms with Crippen molar-refractivity contribution in [3.05, 3.63) is 59.9 Å². The number of hydrogen-bond donors (Lipinski definition) is 2. The summed E-state index contributed by atoms with van der Waals surface area (Å²) in [5.41, 5.74) is 14.6. The molecule has 0 unspecified atom stereocenters. The number of ether oxygens (including phenoxy) is 1. The lowest BCUT2D eigenvalue weighted by Crippen LogP contribution is -2.07. The van der Waals surface area contributed by atoms with Crippen molar-refractivity contribution in [3.8, 4) is 22.8 Å². The molecule has 0 aliphatic rings. The first kappa shape index (κ1) is 21.6. The Bertz CT molecular complexity index is 1200. The van der Waals surface area contributed by atoms with E-state index in [-0.39, 0.29) is 11.9 Å². The molecule has 0 bridgehead atoms. The fourth-order valence-electron chi connectivity index (χ4n) is 3.34. The highest BCUT2D eigenvalue weighted by Gasteiger charge is 2.20. The van der Waals surface area contributed by atoms with Gasteiger partial charge in [0.05, 0.1) is 18.6 Å². The van der Waals surface area contributed by atoms with Crippen LogP contribution < -0.4 is 16.2 Å². The average molecular weight is 449 g/mol. The number of nitrogens with zero attached hydrogens (tertiary/aromatic N) is 6. The zero-order valence-corrected chi connectivity index (χ0v) is 18.9. The lowest BCUT2D eigenvalue weighted by molar-refractivity contribution is 0.415. The summed E-state index contributed by atoms with van der Waals surface area (Å²) in [5.74, 6) is 2.93. The Labute approximate surface area is 190 Å². The molecule has 0 spiro atoms. The normalized spacial score (nSPS) is 11.1. The molecule has 32 heavy (non-hydrogen) atoms. The number of rotatable bonds is 7. The van der Waals surface area contributed by atoms with Crippen LogP contribution in [0.3, 0.4) is 0 Å². The van der Waals surface area contributed by atoms with Crippen molar-refractivity contribution in [2.24, 2.45) is 0 Å². The van der Waals surface area contributed by atoms with Gasteiger partial charge in [-0.15, -0.1) is 10.2 Å². The molecular weight excluding hydrogens is 424 g/mol. The van der Waals surface area contributed by atoms with Crippen LogP contribution >= 0.6 is 11.8 Å². The van der Waals surface area contributed by atoms with Crippen LogP contribution in [0.1, 0.15) is 31.2 Å². The summed E-state index contributed by atoms with van der Waals surface area (Å²) < 4.78 is 7.36. The molecule has 0 saturated heterocycles. The van der Waals surface area contributed by atoms with Gasteiger partial charge >= 0.3 is 0 Å². The van der Waals surface area contributed by atoms with Crippen LogP contribution in [0.25, 0.3) is 17.1 Å². The van der Waals surface area contributed by atoms with Gasteiger partial charge in [-0.2, -0.15) is 15.0 Å². The van der Waals surface area contributed by atoms with Gasteiger partial charge in [-0.25, -0.2) is 0 Å². The first-order valence-electron chi connectivity index (χ1n) is 10.0. The van der Waals surface area contributed by atoms with Crippen LogP contribution in [0.15, 0.2) is 53.7 Å². The van der Waals surface area contributed by atoms with E-state index in [9.17, 15) is 0 Å². The molecule has 0 aliphatic carbocycles. The fraction of sp³-hybridized carbons (Fsp3) is 0.227. The topological polar surface area (TPSA) is 131 Å². The summed E-state index contributed by atoms with van der Waals surface area (Å²) in [6, 6.07) is 16.0. The van der Waals surface area contributed by atoms with Gasteiger partial charge in [-0.05, 0) is 41.8 Å². The second-order valence-corrected chi connectivity index (χ2v) is 8.28. The highest BCUT2D eigenvalue weighted by molar-refractivity contribution is 7.98. The van der Waals surface area contributed by atoms with Gasteiger partial charge in [-0.1, -0.05) is 43.8 Å². The van der Waals surface area contributed by atoms with Crippen molar-refractivity contribution >= 4 is 23.7 Å². The average Bonchev–Trinajstić information content (AvgIpc) is 3.21. The minimum atomic E-state index is 0.0960. The van der Waals surface area contributed by atoms with Gasteiger partial charge in [-0.3, -0.25) is 4.57 Å². The van der Waals surface area contributed by atoms with E-state index in [4.69, 9.17) is 16.2 Å². The van der Waals surface area contributed by atoms with Crippen molar-refractivity contribution in [2.75, 3.05) is 18.6 Å². The summed E-state index contributed by atoms with van der Waals surface area (Å²) in [7, 11) is 1.64. The van der Waals surface area contributed by atoms with Gasteiger partial charge in [0.2, 0.25) is 11.9 Å². The second kappa shape index (κ2) is 9.23. The smallest absolute Gasteiger partial charge is 0.225 e. The number of methoxy groups -OCH3 is 1. The first-order chi connectivity index (χ1) is 15.5. The number of benzene rings is 2. The van der Waals surface area contributed by atoms with Gasteiger partial charge in [0, 0.05) is 5.56 Å². The summed E-state index contributed by atoms with van der Waals surface area (Å²) in [6.07, 6.45) is 0. The number of nitrogens with two attached hydrogens (primary N) is 2. The molecule has 4 N–H and O–H groups in total. The Balaban J connectivity index is 1.79. The van der Waals surface area contributed by atoms with Crippen molar-refractivity contribution in [1.82, 2.24) is 29.7 Å². The van der Waals surface area contributed by atoms with E-state index in [1.165, 1.54) is 17.3 Å². The summed E-state index contributed by atoms with van der Waals surface area (Å²) >= 11 is 1.46. The quantitative estimate of drug-likeness (QED) is 0.406. The zero-order valence-electron chi connectivity index (χ0n) is 18.1. The monoisotopic (exact) mass is 448 g/mol. The molecule has 4 rings (SSSR count). The standard InChI is InChI=1S/C22H24N8OS/c1-13(2)16-6-4-5-7-17(16)30-19(14-8-10-15(31-3)11-9-14)28-29-22(30)32-12-18-25-20(23)27-21(24)26-18/h4-11,13H,12H2,1-3H3,(H4,23,24,25,26,27). The summed E-state index contributed by atoms with van der Waals surface area (Å²) in [4.78, 5) is 12.2. The minimum absolute atomic E-state index is 0.0960. The predicted molar refractivity (Wildman–Crippen MR) is 126 cm³/mol. The Morgan fingerprint density at radius 1 is 0.938 bits per heavy atom. The minimum Gasteiger partial charge on any atom is -0.497 e. The van der Waals surface area contributed by atoms with E-state index < -0.39 is 0 Å². The zero-order chi connectivity index (χ0) is 22.7. The predicted octanol–water partition coefficient (Wildman–Crippen LogP) is 3.71. The molecular formula is C22H24N8OS. The van der Waals surface area contributed by atoms with E-state index in [1.54, 1.807) is 7.11 Å². The Morgan fingerprint density at radius 3 is 2.28 bits per heavy atom. The van der Waals surface area contributed by atoms with Crippen LogP contribution in [-0.2, 0) is 5.75 Å². The Morgan fingerprint density at radius 2 is 1.62 bits per heavy atom. The molecule has 0 amide bonds. The third-order valence-electron chi connectivity index (χ3n) is 4.83. The molecule has 10 heteroatoms. The highest BCUT2D eigenvalue weighted by Crippen LogP contribution is 2.33. The van der Waals surface area contributed by atoms with E-state index in [0.29, 0.717) is 22.7 Å². The maximum absolute atomic E-state index is 5.71. The number of thioether (sulfide) groups is 1. The molecule has 0 saturated carbocycles. The van der Waals surface area contributed by atoms with Crippen LogP contribution in [0.2, 0.25) is 0 Å². The molecule has 0 fully saturated rings. The molecule has 0 atom stereocenters. The van der Waals surface area contributed by atoms with Gasteiger partial charge in [0.15, 0.2) is 11.0 Å². The van der Waals surface area contributed by atoms with Crippen molar-refractivity contribution < 1.29 is 4.74 Å². The van der Waals surface area contributed by atoms with Crippen molar-refractivity contribution in [1.29, 1.82) is 0 Å². The Kier molecular flexibility index (Phi) is 6.22. The number of hydrogen-bond acceptors (Lipinski definition) is 9. The number of para-hydroxylation sites is 1. The second-order valence-electron chi connectivity index (χ2n) is 7.34. The van der Waals surface area contributed by atoms with Gasteiger partial charge in [0.25, 0.3) is 0 Å². The Hall–Kier alpha value is -3.66. The molecule has 9 nitrogen and oxygen atoms in total. The number of nitrogen functional groups attached to an aromatic ring is 2. The summed E-state index contributed by atoms with van der Waals surface area (Å²) in [5, 5.41) is 9.71. The van der Waals surface area contributed by atoms with Crippen LogP contribution in [0, 0.1) is 0 Å². The maximum atomic E-state index is 5.71. The van der Waals surface area contributed by atoms with E-state index in [0.717, 1.165) is 22.8 Å². The molecule has 0 aliphatic heterocycles. The number of anilines is 2. The van der Waals surface area contributed by atoms with E-state index in [2.05, 4.69) is 55.7 Å². The lowest BCUT2D eigenvalue weighted by Gasteiger charge is -2.17.